The minimum atomic E-state index is -2.76. The lowest BCUT2D eigenvalue weighted by molar-refractivity contribution is -0.119. The summed E-state index contributed by atoms with van der Waals surface area (Å²) in [6.07, 6.45) is -2.09. The lowest BCUT2D eigenvalue weighted by Gasteiger charge is -2.18. The van der Waals surface area contributed by atoms with Crippen LogP contribution in [0.15, 0.2) is 24.4 Å². The number of anilines is 2. The Labute approximate surface area is 175 Å². The second-order valence-corrected chi connectivity index (χ2v) is 7.08. The molecule has 1 fully saturated rings. The van der Waals surface area contributed by atoms with Crippen LogP contribution in [0.5, 0.6) is 5.75 Å². The molecule has 2 atom stereocenters. The van der Waals surface area contributed by atoms with Crippen LogP contribution in [-0.2, 0) is 20.8 Å². The third-order valence-corrected chi connectivity index (χ3v) is 5.04. The highest BCUT2D eigenvalue weighted by Crippen LogP contribution is 2.36. The highest BCUT2D eigenvalue weighted by molar-refractivity contribution is 5.90. The first-order chi connectivity index (χ1) is 14.9. The lowest BCUT2D eigenvalue weighted by Crippen LogP contribution is -2.39. The van der Waals surface area contributed by atoms with Crippen molar-refractivity contribution in [3.05, 3.63) is 24.4 Å². The fraction of sp³-hybridized carbons (Fsp3) is 0.421. The first kappa shape index (κ1) is 20.8. The molecule has 4 rings (SSSR count). The Bertz CT molecular complexity index is 998. The lowest BCUT2D eigenvalue weighted by atomic mass is 10.1. The van der Waals surface area contributed by atoms with Crippen molar-refractivity contribution in [2.45, 2.75) is 25.1 Å². The van der Waals surface area contributed by atoms with Gasteiger partial charge >= 0.3 is 6.09 Å². The Balaban J connectivity index is 1.65. The molecule has 0 aliphatic carbocycles. The van der Waals surface area contributed by atoms with Gasteiger partial charge in [-0.2, -0.15) is 0 Å². The number of benzene rings is 1. The topological polar surface area (TPSA) is 121 Å². The highest BCUT2D eigenvalue weighted by atomic mass is 19.3. The van der Waals surface area contributed by atoms with Crippen molar-refractivity contribution < 1.29 is 32.6 Å². The minimum Gasteiger partial charge on any atom is -0.491 e. The van der Waals surface area contributed by atoms with Gasteiger partial charge in [0.05, 0.1) is 18.7 Å². The summed E-state index contributed by atoms with van der Waals surface area (Å²) in [6, 6.07) is 3.01. The van der Waals surface area contributed by atoms with Gasteiger partial charge in [-0.25, -0.2) is 23.5 Å². The van der Waals surface area contributed by atoms with Crippen LogP contribution in [0.1, 0.15) is 0 Å². The Morgan fingerprint density at radius 3 is 2.94 bits per heavy atom. The van der Waals surface area contributed by atoms with Crippen molar-refractivity contribution in [1.82, 2.24) is 9.55 Å². The normalized spacial score (nSPS) is 18.6. The number of ether oxygens (including phenoxy) is 3. The number of nitrogens with zero attached hydrogens (tertiary/aromatic N) is 3. The molecular weight excluding hydrogens is 416 g/mol. The van der Waals surface area contributed by atoms with E-state index in [0.29, 0.717) is 36.0 Å². The van der Waals surface area contributed by atoms with Gasteiger partial charge in [0.2, 0.25) is 5.91 Å². The summed E-state index contributed by atoms with van der Waals surface area (Å²) >= 11 is 0. The van der Waals surface area contributed by atoms with Crippen molar-refractivity contribution >= 4 is 23.5 Å². The van der Waals surface area contributed by atoms with Crippen LogP contribution in [-0.4, -0.2) is 67.0 Å². The smallest absolute Gasteiger partial charge is 0.416 e. The van der Waals surface area contributed by atoms with Crippen LogP contribution < -0.4 is 20.7 Å². The summed E-state index contributed by atoms with van der Waals surface area (Å²) in [5, 5.41) is 2.99. The van der Waals surface area contributed by atoms with Crippen LogP contribution in [0.25, 0.3) is 11.4 Å². The highest BCUT2D eigenvalue weighted by Gasteiger charge is 2.42. The summed E-state index contributed by atoms with van der Waals surface area (Å²) < 4.78 is 44.0. The summed E-state index contributed by atoms with van der Waals surface area (Å²) in [4.78, 5) is 28.9. The number of primary amides is 1. The van der Waals surface area contributed by atoms with Crippen molar-refractivity contribution in [2.24, 2.45) is 5.73 Å². The zero-order valence-corrected chi connectivity index (χ0v) is 16.6. The summed E-state index contributed by atoms with van der Waals surface area (Å²) in [6.45, 7) is 0.392. The maximum absolute atomic E-state index is 13.3. The second kappa shape index (κ2) is 8.38. The number of carbonyl (C=O) groups excluding carboxylic acids is 2. The van der Waals surface area contributed by atoms with Crippen LogP contribution in [0.2, 0.25) is 0 Å². The molecule has 3 heterocycles. The average Bonchev–Trinajstić information content (AvgIpc) is 3.27. The number of hydrogen-bond donors (Lipinski definition) is 2. The van der Waals surface area contributed by atoms with Crippen molar-refractivity contribution in [1.29, 1.82) is 0 Å². The molecule has 1 saturated heterocycles. The van der Waals surface area contributed by atoms with Crippen LogP contribution in [0.4, 0.5) is 25.1 Å². The quantitative estimate of drug-likeness (QED) is 0.672. The number of alkyl halides is 2. The van der Waals surface area contributed by atoms with E-state index in [2.05, 4.69) is 10.3 Å². The molecule has 0 saturated carbocycles. The number of fused-ring (bicyclic) bond motifs is 3. The zero-order chi connectivity index (χ0) is 22.1. The maximum atomic E-state index is 13.3. The Morgan fingerprint density at radius 1 is 1.42 bits per heavy atom. The van der Waals surface area contributed by atoms with Gasteiger partial charge in [0.15, 0.2) is 5.82 Å². The van der Waals surface area contributed by atoms with Gasteiger partial charge in [-0.1, -0.05) is 0 Å². The molecule has 0 radical (unpaired) electrons. The largest absolute Gasteiger partial charge is 0.491 e. The third-order valence-electron chi connectivity index (χ3n) is 5.04. The zero-order valence-electron chi connectivity index (χ0n) is 16.6. The number of cyclic esters (lactones) is 1. The first-order valence-corrected chi connectivity index (χ1v) is 9.52. The van der Waals surface area contributed by atoms with E-state index >= 15 is 0 Å². The fourth-order valence-corrected chi connectivity index (χ4v) is 3.52. The van der Waals surface area contributed by atoms with Crippen molar-refractivity contribution in [2.75, 3.05) is 37.1 Å². The molecule has 2 amide bonds. The molecule has 3 N–H and O–H groups in total. The average molecular weight is 437 g/mol. The van der Waals surface area contributed by atoms with E-state index in [1.165, 1.54) is 13.3 Å². The van der Waals surface area contributed by atoms with E-state index in [0.717, 1.165) is 4.90 Å². The van der Waals surface area contributed by atoms with E-state index < -0.39 is 37.1 Å². The summed E-state index contributed by atoms with van der Waals surface area (Å²) in [5.41, 5.74) is 6.57. The molecule has 31 heavy (non-hydrogen) atoms. The summed E-state index contributed by atoms with van der Waals surface area (Å²) in [5.74, 6) is 0.469. The van der Waals surface area contributed by atoms with E-state index in [9.17, 15) is 18.4 Å². The molecule has 2 aromatic rings. The number of rotatable bonds is 7. The molecule has 0 spiro atoms. The number of hydrogen-bond acceptors (Lipinski definition) is 7. The van der Waals surface area contributed by atoms with Crippen LogP contribution in [0, 0.1) is 0 Å². The molecule has 2 aliphatic rings. The molecule has 0 bridgehead atoms. The fourth-order valence-electron chi connectivity index (χ4n) is 3.52. The molecule has 166 valence electrons. The van der Waals surface area contributed by atoms with E-state index in [4.69, 9.17) is 19.9 Å². The predicted molar refractivity (Wildman–Crippen MR) is 105 cm³/mol. The minimum absolute atomic E-state index is 0.0896. The molecule has 10 nitrogen and oxygen atoms in total. The maximum Gasteiger partial charge on any atom is 0.416 e. The Morgan fingerprint density at radius 2 is 2.23 bits per heavy atom. The molecule has 1 aromatic heterocycles. The van der Waals surface area contributed by atoms with E-state index in [-0.39, 0.29) is 12.4 Å². The Kier molecular flexibility index (Phi) is 5.63. The van der Waals surface area contributed by atoms with Crippen molar-refractivity contribution in [3.8, 4) is 17.1 Å². The number of nitrogens with one attached hydrogen (secondary N) is 1. The number of methoxy groups -OCH3 is 1. The van der Waals surface area contributed by atoms with Gasteiger partial charge in [-0.05, 0) is 12.1 Å². The van der Waals surface area contributed by atoms with E-state index in [1.807, 2.05) is 0 Å². The van der Waals surface area contributed by atoms with Gasteiger partial charge < -0.3 is 29.8 Å². The molecular formula is C19H21F2N5O5. The van der Waals surface area contributed by atoms with Gasteiger partial charge in [-0.3, -0.25) is 4.79 Å². The molecule has 2 aliphatic heterocycles. The number of carbonyl (C=O) groups is 2. The van der Waals surface area contributed by atoms with Gasteiger partial charge in [0, 0.05) is 25.1 Å². The van der Waals surface area contributed by atoms with Gasteiger partial charge in [-0.15, -0.1) is 0 Å². The van der Waals surface area contributed by atoms with Crippen LogP contribution >= 0.6 is 0 Å². The van der Waals surface area contributed by atoms with Gasteiger partial charge in [0.1, 0.15) is 36.9 Å². The molecule has 1 unspecified atom stereocenters. The first-order valence-electron chi connectivity index (χ1n) is 9.52. The number of nitrogens with two attached hydrogens (primary N) is 1. The van der Waals surface area contributed by atoms with E-state index in [1.54, 1.807) is 22.8 Å². The third kappa shape index (κ3) is 3.98. The number of imidazole rings is 1. The number of aromatic nitrogens is 2. The number of amides is 2. The molecule has 1 aromatic carbocycles. The van der Waals surface area contributed by atoms with Crippen LogP contribution in [0.3, 0.4) is 0 Å². The van der Waals surface area contributed by atoms with Crippen molar-refractivity contribution in [3.63, 3.8) is 0 Å². The SMILES string of the molecule is COC[C@H](Nc1ccc2c(c1)OCCn1cc(N3C(=O)OCC3C(F)F)nc1-2)C(N)=O. The van der Waals surface area contributed by atoms with Gasteiger partial charge in [0.25, 0.3) is 6.43 Å². The predicted octanol–water partition coefficient (Wildman–Crippen LogP) is 1.44. The molecule has 12 heteroatoms. The Hall–Kier alpha value is -3.41. The standard InChI is InChI=1S/C19H21F2N5O5/c1-29-8-12(17(22)27)23-10-2-3-11-14(6-10)30-5-4-25-7-15(24-18(11)25)26-13(16(20)21)9-31-19(26)28/h2-3,6-7,12-13,16,23H,4-5,8-9H2,1H3,(H2,22,27)/t12-,13?/m0/s1. The summed E-state index contributed by atoms with van der Waals surface area (Å²) in [7, 11) is 1.46. The second-order valence-electron chi connectivity index (χ2n) is 7.08. The monoisotopic (exact) mass is 437 g/mol. The number of halogens is 2.